The standard InChI is InChI=1S/C59H38N4S/c1-59(2)45-26-11-6-22-40(45)51-54(59)52-42-24-8-14-29-48(42)63(57(52)53-43-25-9-13-28-47(43)62(56(51)53)38-19-4-3-5-20-38)58-60-46-27-12-7-23-41(46)55(61-58)37-18-16-17-35(33-37)36-31-32-50-44(34-36)39-21-10-15-30-49(39)64-50/h3-34H,1-2H3. The third-order valence-corrected chi connectivity index (χ3v) is 15.0. The number of aromatic nitrogens is 4. The van der Waals surface area contributed by atoms with Gasteiger partial charge in [0.25, 0.3) is 0 Å². The van der Waals surface area contributed by atoms with Crippen molar-refractivity contribution >= 4 is 86.0 Å². The molecule has 0 radical (unpaired) electrons. The van der Waals surface area contributed by atoms with Crippen LogP contribution in [0.5, 0.6) is 0 Å². The molecule has 4 aromatic heterocycles. The predicted molar refractivity (Wildman–Crippen MR) is 270 cm³/mol. The van der Waals surface area contributed by atoms with Crippen molar-refractivity contribution in [2.24, 2.45) is 0 Å². The van der Waals surface area contributed by atoms with Crippen molar-refractivity contribution in [1.82, 2.24) is 19.1 Å². The van der Waals surface area contributed by atoms with Gasteiger partial charge in [-0.3, -0.25) is 4.57 Å². The van der Waals surface area contributed by atoms with Crippen molar-refractivity contribution in [3.8, 4) is 45.1 Å². The summed E-state index contributed by atoms with van der Waals surface area (Å²) in [4.78, 5) is 11.2. The van der Waals surface area contributed by atoms with E-state index in [1.165, 1.54) is 80.6 Å². The smallest absolute Gasteiger partial charge is 0.235 e. The summed E-state index contributed by atoms with van der Waals surface area (Å²) in [5, 5.41) is 8.47. The molecule has 0 spiro atoms. The Labute approximate surface area is 372 Å². The molecule has 5 heteroatoms. The number of hydrogen-bond acceptors (Lipinski definition) is 3. The van der Waals surface area contributed by atoms with Crippen LogP contribution in [0.25, 0.3) is 120 Å². The molecule has 0 saturated carbocycles. The average molecular weight is 835 g/mol. The lowest BCUT2D eigenvalue weighted by atomic mass is 9.80. The molecule has 300 valence electrons. The third kappa shape index (κ3) is 4.82. The lowest BCUT2D eigenvalue weighted by molar-refractivity contribution is 0.667. The van der Waals surface area contributed by atoms with Crippen LogP contribution in [0.2, 0.25) is 0 Å². The Kier molecular flexibility index (Phi) is 7.30. The van der Waals surface area contributed by atoms with Gasteiger partial charge < -0.3 is 4.57 Å². The van der Waals surface area contributed by atoms with Crippen LogP contribution in [0.4, 0.5) is 0 Å². The molecule has 9 aromatic carbocycles. The molecule has 4 heterocycles. The maximum atomic E-state index is 5.70. The predicted octanol–water partition coefficient (Wildman–Crippen LogP) is 15.8. The molecule has 0 saturated heterocycles. The summed E-state index contributed by atoms with van der Waals surface area (Å²) in [6.45, 7) is 4.81. The van der Waals surface area contributed by atoms with E-state index in [0.717, 1.165) is 44.4 Å². The molecule has 0 unspecified atom stereocenters. The Balaban J connectivity index is 1.10. The van der Waals surface area contributed by atoms with Gasteiger partial charge in [0, 0.05) is 69.3 Å². The van der Waals surface area contributed by atoms with Crippen molar-refractivity contribution in [1.29, 1.82) is 0 Å². The summed E-state index contributed by atoms with van der Waals surface area (Å²) in [5.41, 5.74) is 15.9. The minimum absolute atomic E-state index is 0.292. The molecule has 64 heavy (non-hydrogen) atoms. The maximum absolute atomic E-state index is 5.70. The molecule has 0 bridgehead atoms. The molecule has 0 fully saturated rings. The van der Waals surface area contributed by atoms with Crippen molar-refractivity contribution in [3.63, 3.8) is 0 Å². The average Bonchev–Trinajstić information content (AvgIpc) is 4.06. The number of hydrogen-bond donors (Lipinski definition) is 0. The summed E-state index contributed by atoms with van der Waals surface area (Å²) >= 11 is 1.85. The van der Waals surface area contributed by atoms with Crippen LogP contribution in [0.1, 0.15) is 25.0 Å². The Morgan fingerprint density at radius 3 is 1.94 bits per heavy atom. The molecule has 14 rings (SSSR count). The number of nitrogens with zero attached hydrogens (tertiary/aromatic N) is 4. The quantitative estimate of drug-likeness (QED) is 0.177. The first-order valence-electron chi connectivity index (χ1n) is 22.0. The fraction of sp³-hybridized carbons (Fsp3) is 0.0508. The monoisotopic (exact) mass is 834 g/mol. The molecular weight excluding hydrogens is 797 g/mol. The summed E-state index contributed by atoms with van der Waals surface area (Å²) in [5.74, 6) is 0.655. The van der Waals surface area contributed by atoms with Crippen molar-refractivity contribution < 1.29 is 0 Å². The van der Waals surface area contributed by atoms with Crippen LogP contribution >= 0.6 is 11.3 Å². The van der Waals surface area contributed by atoms with Crippen molar-refractivity contribution in [2.75, 3.05) is 0 Å². The zero-order valence-electron chi connectivity index (χ0n) is 35.2. The summed E-state index contributed by atoms with van der Waals surface area (Å²) in [6.07, 6.45) is 0. The van der Waals surface area contributed by atoms with Gasteiger partial charge in [0.05, 0.1) is 33.3 Å². The van der Waals surface area contributed by atoms with E-state index in [-0.39, 0.29) is 5.41 Å². The van der Waals surface area contributed by atoms with E-state index >= 15 is 0 Å². The Morgan fingerprint density at radius 2 is 1.09 bits per heavy atom. The molecule has 4 nitrogen and oxygen atoms in total. The van der Waals surface area contributed by atoms with Gasteiger partial charge in [-0.25, -0.2) is 9.97 Å². The van der Waals surface area contributed by atoms with Gasteiger partial charge in [-0.2, -0.15) is 0 Å². The number of benzene rings is 9. The van der Waals surface area contributed by atoms with E-state index < -0.39 is 0 Å². The minimum atomic E-state index is -0.292. The first-order chi connectivity index (χ1) is 31.5. The number of rotatable bonds is 4. The minimum Gasteiger partial charge on any atom is -0.309 e. The number of thiophene rings is 1. The second-order valence-electron chi connectivity index (χ2n) is 17.7. The van der Waals surface area contributed by atoms with Crippen molar-refractivity contribution in [2.45, 2.75) is 19.3 Å². The van der Waals surface area contributed by atoms with Gasteiger partial charge in [0.15, 0.2) is 0 Å². The Hall–Kier alpha value is -7.86. The van der Waals surface area contributed by atoms with Gasteiger partial charge in [-0.05, 0) is 82.4 Å². The highest BCUT2D eigenvalue weighted by molar-refractivity contribution is 7.25. The second kappa shape index (κ2) is 13.1. The van der Waals surface area contributed by atoms with Gasteiger partial charge in [-0.15, -0.1) is 11.3 Å². The second-order valence-corrected chi connectivity index (χ2v) is 18.8. The maximum Gasteiger partial charge on any atom is 0.235 e. The van der Waals surface area contributed by atoms with Gasteiger partial charge in [0.2, 0.25) is 5.95 Å². The Bertz CT molecular complexity index is 4110. The van der Waals surface area contributed by atoms with E-state index in [1.54, 1.807) is 0 Å². The van der Waals surface area contributed by atoms with Crippen LogP contribution in [0, 0.1) is 0 Å². The normalized spacial score (nSPS) is 13.3. The molecule has 0 N–H and O–H groups in total. The highest BCUT2D eigenvalue weighted by Gasteiger charge is 2.41. The van der Waals surface area contributed by atoms with Crippen LogP contribution in [0.3, 0.4) is 0 Å². The lowest BCUT2D eigenvalue weighted by Gasteiger charge is -2.23. The SMILES string of the molecule is CC1(C)c2ccccc2-c2c1c1c3ccccc3n(-c3nc(-c4cccc(-c5ccc6sc7ccccc7c6c5)c4)c4ccccc4n3)c1c1c3ccccc3n(-c3ccccc3)c21. The fourth-order valence-corrected chi connectivity index (χ4v) is 12.2. The van der Waals surface area contributed by atoms with Gasteiger partial charge in [-0.1, -0.05) is 153 Å². The molecule has 0 atom stereocenters. The molecule has 1 aliphatic carbocycles. The van der Waals surface area contributed by atoms with Gasteiger partial charge >= 0.3 is 0 Å². The van der Waals surface area contributed by atoms with Crippen molar-refractivity contribution in [3.05, 3.63) is 205 Å². The highest BCUT2D eigenvalue weighted by Crippen LogP contribution is 2.58. The molecular formula is C59H38N4S. The van der Waals surface area contributed by atoms with E-state index in [1.807, 2.05) is 11.3 Å². The topological polar surface area (TPSA) is 35.6 Å². The zero-order chi connectivity index (χ0) is 42.3. The molecule has 0 aliphatic heterocycles. The lowest BCUT2D eigenvalue weighted by Crippen LogP contribution is -2.15. The van der Waals surface area contributed by atoms with Crippen LogP contribution in [-0.4, -0.2) is 19.1 Å². The largest absolute Gasteiger partial charge is 0.309 e. The zero-order valence-corrected chi connectivity index (χ0v) is 36.0. The summed E-state index contributed by atoms with van der Waals surface area (Å²) in [7, 11) is 0. The van der Waals surface area contributed by atoms with E-state index in [2.05, 4.69) is 217 Å². The fourth-order valence-electron chi connectivity index (χ4n) is 11.1. The Morgan fingerprint density at radius 1 is 0.453 bits per heavy atom. The van der Waals surface area contributed by atoms with Crippen LogP contribution < -0.4 is 0 Å². The first-order valence-corrected chi connectivity index (χ1v) is 22.8. The number of fused-ring (bicyclic) bond motifs is 16. The van der Waals surface area contributed by atoms with E-state index in [4.69, 9.17) is 9.97 Å². The molecule has 1 aliphatic rings. The first kappa shape index (κ1) is 35.7. The molecule has 13 aromatic rings. The van der Waals surface area contributed by atoms with E-state index in [9.17, 15) is 0 Å². The van der Waals surface area contributed by atoms with Crippen LogP contribution in [0.15, 0.2) is 194 Å². The van der Waals surface area contributed by atoms with Gasteiger partial charge in [0.1, 0.15) is 0 Å². The molecule has 0 amide bonds. The highest BCUT2D eigenvalue weighted by atomic mass is 32.1. The number of para-hydroxylation sites is 4. The summed E-state index contributed by atoms with van der Waals surface area (Å²) in [6, 6.07) is 70.7. The van der Waals surface area contributed by atoms with E-state index in [0.29, 0.717) is 5.95 Å². The third-order valence-electron chi connectivity index (χ3n) is 13.9. The summed E-state index contributed by atoms with van der Waals surface area (Å²) < 4.78 is 7.49. The van der Waals surface area contributed by atoms with Crippen LogP contribution in [-0.2, 0) is 5.41 Å².